The maximum absolute atomic E-state index is 11.5. The highest BCUT2D eigenvalue weighted by atomic mass is 35.5. The first-order valence-electron chi connectivity index (χ1n) is 7.00. The van der Waals surface area contributed by atoms with E-state index < -0.39 is 6.10 Å². The maximum atomic E-state index is 11.5. The van der Waals surface area contributed by atoms with E-state index in [1.807, 2.05) is 13.0 Å². The Kier molecular flexibility index (Phi) is 4.88. The fourth-order valence-electron chi connectivity index (χ4n) is 3.05. The van der Waals surface area contributed by atoms with Crippen LogP contribution >= 0.6 is 12.4 Å². The van der Waals surface area contributed by atoms with Crippen LogP contribution < -0.4 is 5.73 Å². The lowest BCUT2D eigenvalue weighted by atomic mass is 9.93. The second-order valence-electron chi connectivity index (χ2n) is 5.72. The number of fused-ring (bicyclic) bond motifs is 1. The standard InChI is InChI=1S/C15H20N2O3.ClH/c1-9-11(2-3-12-13(9)8-20-15(12)19)14(18)7-17-5-10(4-16)6-17;/h2-3,10,14,18H,4-8,16H2,1H3;1H/t14-;/m0./s1. The zero-order valence-corrected chi connectivity index (χ0v) is 12.9. The first kappa shape index (κ1) is 16.2. The summed E-state index contributed by atoms with van der Waals surface area (Å²) in [6, 6.07) is 3.60. The average molecular weight is 313 g/mol. The number of nitrogens with zero attached hydrogens (tertiary/aromatic N) is 1. The lowest BCUT2D eigenvalue weighted by molar-refractivity contribution is 0.0426. The molecule has 21 heavy (non-hydrogen) atoms. The van der Waals surface area contributed by atoms with E-state index in [-0.39, 0.29) is 18.4 Å². The number of esters is 1. The zero-order valence-electron chi connectivity index (χ0n) is 12.0. The van der Waals surface area contributed by atoms with Gasteiger partial charge in [-0.3, -0.25) is 4.90 Å². The number of ether oxygens (including phenoxy) is 1. The Morgan fingerprint density at radius 2 is 2.19 bits per heavy atom. The highest BCUT2D eigenvalue weighted by Crippen LogP contribution is 2.30. The summed E-state index contributed by atoms with van der Waals surface area (Å²) in [6.07, 6.45) is -0.533. The van der Waals surface area contributed by atoms with Gasteiger partial charge in [-0.15, -0.1) is 12.4 Å². The number of cyclic esters (lactones) is 1. The third kappa shape index (κ3) is 2.92. The monoisotopic (exact) mass is 312 g/mol. The number of halogens is 1. The van der Waals surface area contributed by atoms with Gasteiger partial charge in [0.15, 0.2) is 0 Å². The van der Waals surface area contributed by atoms with Gasteiger partial charge in [0.25, 0.3) is 0 Å². The average Bonchev–Trinajstić information content (AvgIpc) is 2.76. The number of nitrogens with two attached hydrogens (primary N) is 1. The van der Waals surface area contributed by atoms with Crippen molar-refractivity contribution in [1.82, 2.24) is 4.90 Å². The number of carbonyl (C=O) groups is 1. The minimum atomic E-state index is -0.533. The summed E-state index contributed by atoms with van der Waals surface area (Å²) in [5, 5.41) is 10.4. The summed E-state index contributed by atoms with van der Waals surface area (Å²) in [4.78, 5) is 13.7. The zero-order chi connectivity index (χ0) is 14.3. The van der Waals surface area contributed by atoms with Crippen molar-refractivity contribution >= 4 is 18.4 Å². The second-order valence-corrected chi connectivity index (χ2v) is 5.72. The molecule has 2 aliphatic heterocycles. The van der Waals surface area contributed by atoms with Crippen LogP contribution in [0.5, 0.6) is 0 Å². The number of hydrogen-bond acceptors (Lipinski definition) is 5. The molecule has 6 heteroatoms. The molecule has 0 spiro atoms. The highest BCUT2D eigenvalue weighted by molar-refractivity contribution is 5.93. The van der Waals surface area contributed by atoms with Gasteiger partial charge in [0.05, 0.1) is 11.7 Å². The third-order valence-corrected chi connectivity index (χ3v) is 4.36. The number of hydrogen-bond donors (Lipinski definition) is 2. The van der Waals surface area contributed by atoms with Gasteiger partial charge in [0, 0.05) is 25.2 Å². The van der Waals surface area contributed by atoms with Crippen molar-refractivity contribution < 1.29 is 14.6 Å². The largest absolute Gasteiger partial charge is 0.457 e. The number of β-amino-alcohol motifs (C(OH)–C–C–N with tert-alkyl or cyclic N) is 1. The number of carbonyl (C=O) groups excluding carboxylic acids is 1. The smallest absolute Gasteiger partial charge is 0.338 e. The molecule has 0 unspecified atom stereocenters. The van der Waals surface area contributed by atoms with Gasteiger partial charge in [-0.05, 0) is 36.6 Å². The normalized spacial score (nSPS) is 19.5. The van der Waals surface area contributed by atoms with E-state index in [9.17, 15) is 9.90 Å². The Morgan fingerprint density at radius 1 is 1.48 bits per heavy atom. The second kappa shape index (κ2) is 6.32. The molecular formula is C15H21ClN2O3. The Bertz CT molecular complexity index is 544. The molecule has 3 rings (SSSR count). The van der Waals surface area contributed by atoms with Crippen LogP contribution in [0.15, 0.2) is 12.1 Å². The molecule has 0 amide bonds. The first-order valence-corrected chi connectivity index (χ1v) is 7.00. The SMILES string of the molecule is Cc1c([C@@H](O)CN2CC(CN)C2)ccc2c1COC2=O.Cl. The van der Waals surface area contributed by atoms with E-state index >= 15 is 0 Å². The van der Waals surface area contributed by atoms with Gasteiger partial charge in [0.1, 0.15) is 6.61 Å². The Balaban J connectivity index is 0.00000161. The van der Waals surface area contributed by atoms with Gasteiger partial charge in [-0.25, -0.2) is 4.79 Å². The van der Waals surface area contributed by atoms with Crippen LogP contribution in [0.1, 0.15) is 33.2 Å². The Morgan fingerprint density at radius 3 is 2.86 bits per heavy atom. The number of rotatable bonds is 4. The van der Waals surface area contributed by atoms with Crippen LogP contribution in [0, 0.1) is 12.8 Å². The van der Waals surface area contributed by atoms with E-state index in [4.69, 9.17) is 10.5 Å². The van der Waals surface area contributed by atoms with Crippen LogP contribution in [0.2, 0.25) is 0 Å². The molecule has 1 atom stereocenters. The van der Waals surface area contributed by atoms with Crippen LogP contribution in [0.4, 0.5) is 0 Å². The van der Waals surface area contributed by atoms with E-state index in [0.717, 1.165) is 29.8 Å². The number of benzene rings is 1. The predicted molar refractivity (Wildman–Crippen MR) is 81.5 cm³/mol. The summed E-state index contributed by atoms with van der Waals surface area (Å²) < 4.78 is 5.04. The molecule has 0 aliphatic carbocycles. The molecule has 0 saturated carbocycles. The molecule has 0 bridgehead atoms. The van der Waals surface area contributed by atoms with Gasteiger partial charge in [-0.1, -0.05) is 6.07 Å². The fraction of sp³-hybridized carbons (Fsp3) is 0.533. The van der Waals surface area contributed by atoms with Gasteiger partial charge < -0.3 is 15.6 Å². The van der Waals surface area contributed by atoms with E-state index in [2.05, 4.69) is 4.90 Å². The lowest BCUT2D eigenvalue weighted by Crippen LogP contribution is -2.51. The Labute approximate surface area is 130 Å². The van der Waals surface area contributed by atoms with Gasteiger partial charge >= 0.3 is 5.97 Å². The maximum Gasteiger partial charge on any atom is 0.338 e. The summed E-state index contributed by atoms with van der Waals surface area (Å²) >= 11 is 0. The van der Waals surface area contributed by atoms with Crippen molar-refractivity contribution in [3.63, 3.8) is 0 Å². The van der Waals surface area contributed by atoms with Gasteiger partial charge in [0.2, 0.25) is 0 Å². The minimum absolute atomic E-state index is 0. The van der Waals surface area contributed by atoms with Gasteiger partial charge in [-0.2, -0.15) is 0 Å². The molecule has 0 aromatic heterocycles. The van der Waals surface area contributed by atoms with Crippen LogP contribution in [-0.4, -0.2) is 42.2 Å². The molecule has 2 heterocycles. The van der Waals surface area contributed by atoms with Crippen molar-refractivity contribution in [3.8, 4) is 0 Å². The third-order valence-electron chi connectivity index (χ3n) is 4.36. The molecular weight excluding hydrogens is 292 g/mol. The summed E-state index contributed by atoms with van der Waals surface area (Å²) in [5.41, 5.74) is 9.00. The van der Waals surface area contributed by atoms with Crippen molar-refractivity contribution in [2.24, 2.45) is 11.7 Å². The van der Waals surface area contributed by atoms with Crippen molar-refractivity contribution in [2.45, 2.75) is 19.6 Å². The van der Waals surface area contributed by atoms with E-state index in [1.165, 1.54) is 0 Å². The first-order chi connectivity index (χ1) is 9.60. The molecule has 1 saturated heterocycles. The number of aliphatic hydroxyl groups is 1. The van der Waals surface area contributed by atoms with Crippen molar-refractivity contribution in [2.75, 3.05) is 26.2 Å². The summed E-state index contributed by atoms with van der Waals surface area (Å²) in [5.74, 6) is 0.298. The minimum Gasteiger partial charge on any atom is -0.457 e. The molecule has 3 N–H and O–H groups in total. The number of aliphatic hydroxyl groups excluding tert-OH is 1. The predicted octanol–water partition coefficient (Wildman–Crippen LogP) is 1.01. The highest BCUT2D eigenvalue weighted by Gasteiger charge is 2.29. The van der Waals surface area contributed by atoms with Crippen LogP contribution in [0.25, 0.3) is 0 Å². The Hall–Kier alpha value is -1.14. The molecule has 116 valence electrons. The molecule has 2 aliphatic rings. The summed E-state index contributed by atoms with van der Waals surface area (Å²) in [6.45, 7) is 5.50. The quantitative estimate of drug-likeness (QED) is 0.812. The molecule has 1 fully saturated rings. The molecule has 5 nitrogen and oxygen atoms in total. The van der Waals surface area contributed by atoms with Crippen LogP contribution in [-0.2, 0) is 11.3 Å². The molecule has 1 aromatic rings. The van der Waals surface area contributed by atoms with E-state index in [0.29, 0.717) is 31.2 Å². The van der Waals surface area contributed by atoms with Crippen molar-refractivity contribution in [1.29, 1.82) is 0 Å². The number of likely N-dealkylation sites (tertiary alicyclic amines) is 1. The summed E-state index contributed by atoms with van der Waals surface area (Å²) in [7, 11) is 0. The van der Waals surface area contributed by atoms with Crippen molar-refractivity contribution in [3.05, 3.63) is 34.4 Å². The molecule has 1 aromatic carbocycles. The topological polar surface area (TPSA) is 75.8 Å². The molecule has 0 radical (unpaired) electrons. The lowest BCUT2D eigenvalue weighted by Gasteiger charge is -2.39. The van der Waals surface area contributed by atoms with E-state index in [1.54, 1.807) is 6.07 Å². The fourth-order valence-corrected chi connectivity index (χ4v) is 3.05. The van der Waals surface area contributed by atoms with Crippen LogP contribution in [0.3, 0.4) is 0 Å².